The van der Waals surface area contributed by atoms with Crippen LogP contribution in [0.5, 0.6) is 0 Å². The maximum absolute atomic E-state index is 12.0. The predicted molar refractivity (Wildman–Crippen MR) is 83.7 cm³/mol. The van der Waals surface area contributed by atoms with Crippen molar-refractivity contribution in [3.63, 3.8) is 0 Å². The van der Waals surface area contributed by atoms with Gasteiger partial charge in [-0.15, -0.1) is 0 Å². The molecule has 0 aromatic heterocycles. The van der Waals surface area contributed by atoms with Crippen LogP contribution in [0.15, 0.2) is 48.5 Å². The minimum Gasteiger partial charge on any atom is -0.399 e. The second-order valence-electron chi connectivity index (χ2n) is 4.53. The summed E-state index contributed by atoms with van der Waals surface area (Å²) < 4.78 is 24.5. The molecule has 0 radical (unpaired) electrons. The van der Waals surface area contributed by atoms with E-state index in [0.29, 0.717) is 22.6 Å². The predicted octanol–water partition coefficient (Wildman–Crippen LogP) is 1.89. The molecular formula is C14H15N3O3S. The minimum atomic E-state index is -3.31. The van der Waals surface area contributed by atoms with E-state index in [1.165, 1.54) is 0 Å². The summed E-state index contributed by atoms with van der Waals surface area (Å²) in [5.41, 5.74) is 7.57. The number of anilines is 3. The molecule has 0 heterocycles. The number of sulfonamides is 1. The molecule has 0 fully saturated rings. The number of carbonyl (C=O) groups is 1. The highest BCUT2D eigenvalue weighted by atomic mass is 32.2. The molecule has 2 rings (SSSR count). The molecule has 0 atom stereocenters. The molecule has 0 saturated heterocycles. The summed E-state index contributed by atoms with van der Waals surface area (Å²) in [4.78, 5) is 12.0. The Labute approximate surface area is 123 Å². The van der Waals surface area contributed by atoms with E-state index in [0.717, 1.165) is 6.26 Å². The molecule has 0 unspecified atom stereocenters. The van der Waals surface area contributed by atoms with Crippen LogP contribution in [0.4, 0.5) is 17.1 Å². The summed E-state index contributed by atoms with van der Waals surface area (Å²) in [7, 11) is -3.31. The van der Waals surface area contributed by atoms with Crippen LogP contribution in [0.3, 0.4) is 0 Å². The largest absolute Gasteiger partial charge is 0.399 e. The maximum Gasteiger partial charge on any atom is 0.255 e. The molecule has 7 heteroatoms. The standard InChI is InChI=1S/C14H15N3O3S/c1-21(19,20)17-13-7-5-12(6-8-13)16-14(18)10-3-2-4-11(15)9-10/h2-9,17H,15H2,1H3,(H,16,18). The van der Waals surface area contributed by atoms with Crippen molar-refractivity contribution in [1.29, 1.82) is 0 Å². The molecule has 0 aliphatic rings. The van der Waals surface area contributed by atoms with Crippen molar-refractivity contribution >= 4 is 33.0 Å². The summed E-state index contributed by atoms with van der Waals surface area (Å²) in [6, 6.07) is 13.0. The molecule has 0 aliphatic carbocycles. The fourth-order valence-electron chi connectivity index (χ4n) is 1.72. The molecular weight excluding hydrogens is 290 g/mol. The third-order valence-corrected chi connectivity index (χ3v) is 3.20. The van der Waals surface area contributed by atoms with Crippen LogP contribution in [0.1, 0.15) is 10.4 Å². The lowest BCUT2D eigenvalue weighted by molar-refractivity contribution is 0.102. The van der Waals surface area contributed by atoms with Gasteiger partial charge in [0.2, 0.25) is 10.0 Å². The van der Waals surface area contributed by atoms with Crippen LogP contribution in [0.2, 0.25) is 0 Å². The maximum atomic E-state index is 12.0. The van der Waals surface area contributed by atoms with Crippen molar-refractivity contribution in [2.24, 2.45) is 0 Å². The van der Waals surface area contributed by atoms with Gasteiger partial charge in [-0.05, 0) is 42.5 Å². The average molecular weight is 305 g/mol. The van der Waals surface area contributed by atoms with Gasteiger partial charge in [-0.3, -0.25) is 9.52 Å². The monoisotopic (exact) mass is 305 g/mol. The zero-order chi connectivity index (χ0) is 15.5. The normalized spacial score (nSPS) is 10.9. The Balaban J connectivity index is 2.08. The molecule has 0 bridgehead atoms. The highest BCUT2D eigenvalue weighted by Gasteiger charge is 2.07. The molecule has 0 spiro atoms. The Hall–Kier alpha value is -2.54. The molecule has 2 aromatic carbocycles. The third-order valence-electron chi connectivity index (χ3n) is 2.59. The van der Waals surface area contributed by atoms with Gasteiger partial charge in [0.15, 0.2) is 0 Å². The van der Waals surface area contributed by atoms with E-state index in [2.05, 4.69) is 10.0 Å². The second kappa shape index (κ2) is 5.84. The van der Waals surface area contributed by atoms with Gasteiger partial charge >= 0.3 is 0 Å². The zero-order valence-electron chi connectivity index (χ0n) is 11.3. The number of hydrogen-bond acceptors (Lipinski definition) is 4. The summed E-state index contributed by atoms with van der Waals surface area (Å²) in [5, 5.41) is 2.70. The first-order chi connectivity index (χ1) is 9.83. The van der Waals surface area contributed by atoms with Crippen molar-refractivity contribution in [3.8, 4) is 0 Å². The van der Waals surface area contributed by atoms with Gasteiger partial charge in [-0.1, -0.05) is 6.07 Å². The third kappa shape index (κ3) is 4.50. The molecule has 6 nitrogen and oxygen atoms in total. The fourth-order valence-corrected chi connectivity index (χ4v) is 2.28. The van der Waals surface area contributed by atoms with Gasteiger partial charge in [-0.2, -0.15) is 0 Å². The number of rotatable bonds is 4. The molecule has 21 heavy (non-hydrogen) atoms. The van der Waals surface area contributed by atoms with E-state index in [-0.39, 0.29) is 5.91 Å². The van der Waals surface area contributed by atoms with Crippen molar-refractivity contribution in [1.82, 2.24) is 0 Å². The summed E-state index contributed by atoms with van der Waals surface area (Å²) in [6.07, 6.45) is 1.07. The topological polar surface area (TPSA) is 101 Å². The fraction of sp³-hybridized carbons (Fsp3) is 0.0714. The number of hydrogen-bond donors (Lipinski definition) is 3. The van der Waals surface area contributed by atoms with Crippen LogP contribution >= 0.6 is 0 Å². The van der Waals surface area contributed by atoms with Crippen molar-refractivity contribution in [2.75, 3.05) is 22.0 Å². The van der Waals surface area contributed by atoms with Crippen LogP contribution < -0.4 is 15.8 Å². The molecule has 4 N–H and O–H groups in total. The van der Waals surface area contributed by atoms with Crippen LogP contribution in [-0.4, -0.2) is 20.6 Å². The first-order valence-corrected chi connectivity index (χ1v) is 7.97. The smallest absolute Gasteiger partial charge is 0.255 e. The van der Waals surface area contributed by atoms with E-state index in [4.69, 9.17) is 5.73 Å². The molecule has 0 saturated carbocycles. The van der Waals surface area contributed by atoms with Crippen molar-refractivity contribution in [2.45, 2.75) is 0 Å². The van der Waals surface area contributed by atoms with E-state index >= 15 is 0 Å². The lowest BCUT2D eigenvalue weighted by Gasteiger charge is -2.08. The van der Waals surface area contributed by atoms with Crippen LogP contribution in [0, 0.1) is 0 Å². The number of benzene rings is 2. The van der Waals surface area contributed by atoms with Gasteiger partial charge < -0.3 is 11.1 Å². The number of amides is 1. The number of nitrogens with one attached hydrogen (secondary N) is 2. The summed E-state index contributed by atoms with van der Waals surface area (Å²) >= 11 is 0. The Morgan fingerprint density at radius 2 is 1.67 bits per heavy atom. The Kier molecular flexibility index (Phi) is 4.13. The lowest BCUT2D eigenvalue weighted by atomic mass is 10.2. The highest BCUT2D eigenvalue weighted by molar-refractivity contribution is 7.92. The van der Waals surface area contributed by atoms with E-state index in [1.807, 2.05) is 0 Å². The van der Waals surface area contributed by atoms with E-state index in [9.17, 15) is 13.2 Å². The van der Waals surface area contributed by atoms with Gasteiger partial charge in [0.1, 0.15) is 0 Å². The van der Waals surface area contributed by atoms with Gasteiger partial charge in [0.05, 0.1) is 6.26 Å². The van der Waals surface area contributed by atoms with Crippen molar-refractivity contribution < 1.29 is 13.2 Å². The molecule has 2 aromatic rings. The average Bonchev–Trinajstić information content (AvgIpc) is 2.39. The summed E-state index contributed by atoms with van der Waals surface area (Å²) in [5.74, 6) is -0.286. The number of nitrogen functional groups attached to an aromatic ring is 1. The SMILES string of the molecule is CS(=O)(=O)Nc1ccc(NC(=O)c2cccc(N)c2)cc1. The van der Waals surface area contributed by atoms with E-state index < -0.39 is 10.0 Å². The van der Waals surface area contributed by atoms with E-state index in [1.54, 1.807) is 48.5 Å². The molecule has 0 aliphatic heterocycles. The Bertz CT molecular complexity index is 755. The van der Waals surface area contributed by atoms with Crippen LogP contribution in [0.25, 0.3) is 0 Å². The van der Waals surface area contributed by atoms with Gasteiger partial charge in [-0.25, -0.2) is 8.42 Å². The first kappa shape index (κ1) is 14.9. The highest BCUT2D eigenvalue weighted by Crippen LogP contribution is 2.16. The number of nitrogens with two attached hydrogens (primary N) is 1. The Morgan fingerprint density at radius 3 is 2.24 bits per heavy atom. The molecule has 1 amide bonds. The second-order valence-corrected chi connectivity index (χ2v) is 6.28. The number of carbonyl (C=O) groups excluding carboxylic acids is 1. The summed E-state index contributed by atoms with van der Waals surface area (Å²) in [6.45, 7) is 0. The van der Waals surface area contributed by atoms with Crippen molar-refractivity contribution in [3.05, 3.63) is 54.1 Å². The lowest BCUT2D eigenvalue weighted by Crippen LogP contribution is -2.12. The van der Waals surface area contributed by atoms with Crippen LogP contribution in [-0.2, 0) is 10.0 Å². The minimum absolute atomic E-state index is 0.286. The van der Waals surface area contributed by atoms with Gasteiger partial charge in [0.25, 0.3) is 5.91 Å². The quantitative estimate of drug-likeness (QED) is 0.751. The van der Waals surface area contributed by atoms with Gasteiger partial charge in [0, 0.05) is 22.6 Å². The Morgan fingerprint density at radius 1 is 1.05 bits per heavy atom. The zero-order valence-corrected chi connectivity index (χ0v) is 12.1. The first-order valence-electron chi connectivity index (χ1n) is 6.08. The molecule has 110 valence electrons.